The lowest BCUT2D eigenvalue weighted by atomic mass is 9.86. The third-order valence-electron chi connectivity index (χ3n) is 4.01. The summed E-state index contributed by atoms with van der Waals surface area (Å²) in [5, 5.41) is 4.02. The van der Waals surface area contributed by atoms with Gasteiger partial charge in [0, 0.05) is 5.56 Å². The third kappa shape index (κ3) is 5.09. The Morgan fingerprint density at radius 1 is 1.08 bits per heavy atom. The zero-order valence-corrected chi connectivity index (χ0v) is 16.0. The zero-order valence-electron chi connectivity index (χ0n) is 16.0. The molecule has 0 aliphatic carbocycles. The zero-order chi connectivity index (χ0) is 19.2. The molecule has 0 fully saturated rings. The number of hydrazone groups is 1. The minimum atomic E-state index is -0.174. The van der Waals surface area contributed by atoms with Gasteiger partial charge in [-0.3, -0.25) is 4.79 Å². The molecule has 26 heavy (non-hydrogen) atoms. The summed E-state index contributed by atoms with van der Waals surface area (Å²) in [6, 6.07) is 13.6. The molecule has 0 radical (unpaired) electrons. The maximum Gasteiger partial charge on any atom is 0.244 e. The molecule has 2 rings (SSSR count). The van der Waals surface area contributed by atoms with Gasteiger partial charge in [-0.25, -0.2) is 5.43 Å². The molecule has 0 aliphatic heterocycles. The maximum absolute atomic E-state index is 12.1. The SMILES string of the molecule is COc1cccc(/C=N\NC(=O)Cc2ccc(C(C)(C)C)cc2)c1OC. The highest BCUT2D eigenvalue weighted by Gasteiger charge is 2.13. The molecule has 1 amide bonds. The summed E-state index contributed by atoms with van der Waals surface area (Å²) in [4.78, 5) is 12.1. The topological polar surface area (TPSA) is 59.9 Å². The van der Waals surface area contributed by atoms with Crippen molar-refractivity contribution < 1.29 is 14.3 Å². The molecule has 0 unspecified atom stereocenters. The van der Waals surface area contributed by atoms with Gasteiger partial charge in [-0.05, 0) is 28.7 Å². The monoisotopic (exact) mass is 354 g/mol. The van der Waals surface area contributed by atoms with E-state index in [1.54, 1.807) is 26.5 Å². The quantitative estimate of drug-likeness (QED) is 0.636. The lowest BCUT2D eigenvalue weighted by molar-refractivity contribution is -0.120. The van der Waals surface area contributed by atoms with Gasteiger partial charge < -0.3 is 9.47 Å². The number of methoxy groups -OCH3 is 2. The van der Waals surface area contributed by atoms with Crippen molar-refractivity contribution in [2.24, 2.45) is 5.10 Å². The first-order valence-corrected chi connectivity index (χ1v) is 8.47. The summed E-state index contributed by atoms with van der Waals surface area (Å²) in [7, 11) is 3.14. The van der Waals surface area contributed by atoms with Gasteiger partial charge in [-0.2, -0.15) is 5.10 Å². The van der Waals surface area contributed by atoms with Crippen LogP contribution in [0, 0.1) is 0 Å². The fourth-order valence-electron chi connectivity index (χ4n) is 2.53. The van der Waals surface area contributed by atoms with E-state index < -0.39 is 0 Å². The van der Waals surface area contributed by atoms with E-state index in [4.69, 9.17) is 9.47 Å². The van der Waals surface area contributed by atoms with Crippen molar-refractivity contribution in [2.45, 2.75) is 32.6 Å². The number of rotatable bonds is 6. The fourth-order valence-corrected chi connectivity index (χ4v) is 2.53. The number of para-hydroxylation sites is 1. The summed E-state index contributed by atoms with van der Waals surface area (Å²) in [5.41, 5.74) is 5.56. The molecule has 0 saturated carbocycles. The Kier molecular flexibility index (Phi) is 6.39. The maximum atomic E-state index is 12.1. The molecule has 0 bridgehead atoms. The molecule has 0 saturated heterocycles. The summed E-state index contributed by atoms with van der Waals surface area (Å²) in [6.07, 6.45) is 1.82. The summed E-state index contributed by atoms with van der Waals surface area (Å²) in [6.45, 7) is 6.49. The van der Waals surface area contributed by atoms with Crippen molar-refractivity contribution in [1.29, 1.82) is 0 Å². The van der Waals surface area contributed by atoms with E-state index in [2.05, 4.69) is 43.4 Å². The number of benzene rings is 2. The van der Waals surface area contributed by atoms with Crippen LogP contribution in [-0.2, 0) is 16.6 Å². The first kappa shape index (κ1) is 19.5. The van der Waals surface area contributed by atoms with Crippen LogP contribution in [0.2, 0.25) is 0 Å². The summed E-state index contributed by atoms with van der Waals surface area (Å²) >= 11 is 0. The van der Waals surface area contributed by atoms with Gasteiger partial charge in [0.1, 0.15) is 0 Å². The Hall–Kier alpha value is -2.82. The first-order valence-electron chi connectivity index (χ1n) is 8.47. The largest absolute Gasteiger partial charge is 0.493 e. The van der Waals surface area contributed by atoms with E-state index in [9.17, 15) is 4.79 Å². The van der Waals surface area contributed by atoms with Crippen molar-refractivity contribution in [3.05, 3.63) is 59.2 Å². The Morgan fingerprint density at radius 2 is 1.77 bits per heavy atom. The molecular weight excluding hydrogens is 328 g/mol. The second-order valence-electron chi connectivity index (χ2n) is 7.00. The molecule has 0 spiro atoms. The van der Waals surface area contributed by atoms with Gasteiger partial charge in [0.25, 0.3) is 0 Å². The van der Waals surface area contributed by atoms with Crippen LogP contribution in [0.1, 0.15) is 37.5 Å². The van der Waals surface area contributed by atoms with Gasteiger partial charge >= 0.3 is 0 Å². The molecule has 0 atom stereocenters. The smallest absolute Gasteiger partial charge is 0.244 e. The highest BCUT2D eigenvalue weighted by molar-refractivity contribution is 5.86. The minimum Gasteiger partial charge on any atom is -0.493 e. The molecule has 1 N–H and O–H groups in total. The molecule has 5 heteroatoms. The van der Waals surface area contributed by atoms with E-state index in [1.165, 1.54) is 5.56 Å². The van der Waals surface area contributed by atoms with Crippen LogP contribution in [0.25, 0.3) is 0 Å². The minimum absolute atomic E-state index is 0.0981. The Morgan fingerprint density at radius 3 is 2.35 bits per heavy atom. The Bertz CT molecular complexity index is 775. The van der Waals surface area contributed by atoms with Gasteiger partial charge in [0.05, 0.1) is 26.9 Å². The van der Waals surface area contributed by atoms with E-state index >= 15 is 0 Å². The van der Waals surface area contributed by atoms with Crippen LogP contribution in [0.4, 0.5) is 0 Å². The molecule has 138 valence electrons. The van der Waals surface area contributed by atoms with Crippen LogP contribution in [0.3, 0.4) is 0 Å². The van der Waals surface area contributed by atoms with E-state index in [0.717, 1.165) is 11.1 Å². The highest BCUT2D eigenvalue weighted by Crippen LogP contribution is 2.29. The second-order valence-corrected chi connectivity index (χ2v) is 7.00. The average Bonchev–Trinajstić information content (AvgIpc) is 2.61. The number of nitrogens with zero attached hydrogens (tertiary/aromatic N) is 1. The van der Waals surface area contributed by atoms with E-state index in [-0.39, 0.29) is 17.7 Å². The summed E-state index contributed by atoms with van der Waals surface area (Å²) in [5.74, 6) is 1.01. The number of hydrogen-bond acceptors (Lipinski definition) is 4. The van der Waals surface area contributed by atoms with Crippen molar-refractivity contribution in [3.8, 4) is 11.5 Å². The second kappa shape index (κ2) is 8.52. The predicted molar refractivity (Wildman–Crippen MR) is 104 cm³/mol. The van der Waals surface area contributed by atoms with Crippen molar-refractivity contribution >= 4 is 12.1 Å². The van der Waals surface area contributed by atoms with Crippen molar-refractivity contribution in [2.75, 3.05) is 14.2 Å². The van der Waals surface area contributed by atoms with Gasteiger partial charge in [-0.1, -0.05) is 51.1 Å². The average molecular weight is 354 g/mol. The fraction of sp³-hybridized carbons (Fsp3) is 0.333. The molecule has 2 aromatic carbocycles. The van der Waals surface area contributed by atoms with Crippen LogP contribution in [0.15, 0.2) is 47.6 Å². The van der Waals surface area contributed by atoms with Crippen LogP contribution < -0.4 is 14.9 Å². The normalized spacial score (nSPS) is 11.4. The number of nitrogens with one attached hydrogen (secondary N) is 1. The number of amides is 1. The van der Waals surface area contributed by atoms with Crippen LogP contribution in [-0.4, -0.2) is 26.3 Å². The highest BCUT2D eigenvalue weighted by atomic mass is 16.5. The lowest BCUT2D eigenvalue weighted by Crippen LogP contribution is -2.20. The van der Waals surface area contributed by atoms with Gasteiger partial charge in [0.2, 0.25) is 5.91 Å². The first-order chi connectivity index (χ1) is 12.3. The standard InChI is InChI=1S/C21H26N2O3/c1-21(2,3)17-11-9-15(10-12-17)13-19(24)23-22-14-16-7-6-8-18(25-4)20(16)26-5/h6-12,14H,13H2,1-5H3,(H,23,24)/b22-14-. The Balaban J connectivity index is 1.98. The molecule has 0 aromatic heterocycles. The Labute approximate surface area is 155 Å². The number of carbonyl (C=O) groups is 1. The number of hydrogen-bond donors (Lipinski definition) is 1. The lowest BCUT2D eigenvalue weighted by Gasteiger charge is -2.19. The number of carbonyl (C=O) groups excluding carboxylic acids is 1. The predicted octanol–water partition coefficient (Wildman–Crippen LogP) is 3.69. The van der Waals surface area contributed by atoms with Crippen LogP contribution >= 0.6 is 0 Å². The third-order valence-corrected chi connectivity index (χ3v) is 4.01. The molecule has 0 aliphatic rings. The molecule has 5 nitrogen and oxygen atoms in total. The molecule has 0 heterocycles. The van der Waals surface area contributed by atoms with Crippen molar-refractivity contribution in [1.82, 2.24) is 5.43 Å². The van der Waals surface area contributed by atoms with Gasteiger partial charge in [0.15, 0.2) is 11.5 Å². The van der Waals surface area contributed by atoms with Crippen molar-refractivity contribution in [3.63, 3.8) is 0 Å². The van der Waals surface area contributed by atoms with E-state index in [0.29, 0.717) is 11.5 Å². The molecular formula is C21H26N2O3. The van der Waals surface area contributed by atoms with E-state index in [1.807, 2.05) is 24.3 Å². The van der Waals surface area contributed by atoms with Crippen LogP contribution in [0.5, 0.6) is 11.5 Å². The van der Waals surface area contributed by atoms with Gasteiger partial charge in [-0.15, -0.1) is 0 Å². The summed E-state index contributed by atoms with van der Waals surface area (Å²) < 4.78 is 10.6. The number of ether oxygens (including phenoxy) is 2. The molecule has 2 aromatic rings.